The van der Waals surface area contributed by atoms with E-state index < -0.39 is 12.1 Å². The lowest BCUT2D eigenvalue weighted by atomic mass is 9.96. The number of hydrogen-bond acceptors (Lipinski definition) is 2. The number of aliphatic hydroxyl groups is 1. The molecule has 2 aromatic carbocycles. The molecule has 2 rings (SSSR count). The number of carbonyl (C=O) groups excluding carboxylic acids is 1. The van der Waals surface area contributed by atoms with Gasteiger partial charge < -0.3 is 10.4 Å². The first-order valence-electron chi connectivity index (χ1n) is 6.23. The summed E-state index contributed by atoms with van der Waals surface area (Å²) in [4.78, 5) is 11.3. The minimum atomic E-state index is -0.771. The first-order chi connectivity index (χ1) is 9.18. The Labute approximate surface area is 112 Å². The highest BCUT2D eigenvalue weighted by Gasteiger charge is 2.23. The van der Waals surface area contributed by atoms with E-state index in [-0.39, 0.29) is 5.91 Å². The number of hydrogen-bond donors (Lipinski definition) is 2. The van der Waals surface area contributed by atoms with Gasteiger partial charge in [0.15, 0.2) is 0 Å². The third-order valence-electron chi connectivity index (χ3n) is 2.97. The largest absolute Gasteiger partial charge is 0.386 e. The highest BCUT2D eigenvalue weighted by Crippen LogP contribution is 2.28. The molecule has 1 amide bonds. The zero-order chi connectivity index (χ0) is 13.7. The number of nitrogens with one attached hydrogen (secondary N) is 1. The van der Waals surface area contributed by atoms with E-state index in [2.05, 4.69) is 5.32 Å². The molecule has 0 radical (unpaired) electrons. The second-order valence-corrected chi connectivity index (χ2v) is 4.44. The molecule has 3 heteroatoms. The Bertz CT molecular complexity index is 525. The summed E-state index contributed by atoms with van der Waals surface area (Å²) in [7, 11) is 0. The third-order valence-corrected chi connectivity index (χ3v) is 2.97. The van der Waals surface area contributed by atoms with E-state index in [4.69, 9.17) is 0 Å². The van der Waals surface area contributed by atoms with E-state index >= 15 is 0 Å². The molecule has 2 N–H and O–H groups in total. The van der Waals surface area contributed by atoms with Crippen LogP contribution in [0, 0.1) is 0 Å². The van der Waals surface area contributed by atoms with Crippen LogP contribution >= 0.6 is 0 Å². The van der Waals surface area contributed by atoms with Crippen molar-refractivity contribution in [2.75, 3.05) is 0 Å². The number of carbonyl (C=O) groups is 1. The van der Waals surface area contributed by atoms with Crippen LogP contribution in [0.1, 0.15) is 30.2 Å². The molecule has 2 aromatic rings. The smallest absolute Gasteiger partial charge is 0.217 e. The summed E-state index contributed by atoms with van der Waals surface area (Å²) in [6.45, 7) is 1.45. The molecule has 0 spiro atoms. The fraction of sp³-hybridized carbons (Fsp3) is 0.188. The maximum atomic E-state index is 11.3. The fourth-order valence-electron chi connectivity index (χ4n) is 2.07. The Balaban J connectivity index is 2.30. The summed E-state index contributed by atoms with van der Waals surface area (Å²) in [5.41, 5.74) is 1.67. The quantitative estimate of drug-likeness (QED) is 0.882. The van der Waals surface area contributed by atoms with Crippen molar-refractivity contribution < 1.29 is 9.90 Å². The van der Waals surface area contributed by atoms with Gasteiger partial charge in [-0.15, -0.1) is 0 Å². The molecule has 2 atom stereocenters. The van der Waals surface area contributed by atoms with Crippen LogP contribution in [0.3, 0.4) is 0 Å². The molecule has 0 aliphatic rings. The summed E-state index contributed by atoms with van der Waals surface area (Å²) in [6.07, 6.45) is -0.771. The lowest BCUT2D eigenvalue weighted by molar-refractivity contribution is -0.120. The van der Waals surface area contributed by atoms with Gasteiger partial charge in [-0.3, -0.25) is 4.79 Å². The Kier molecular flexibility index (Phi) is 4.31. The van der Waals surface area contributed by atoms with Gasteiger partial charge in [0, 0.05) is 6.92 Å². The lowest BCUT2D eigenvalue weighted by Crippen LogP contribution is -2.30. The lowest BCUT2D eigenvalue weighted by Gasteiger charge is -2.24. The Hall–Kier alpha value is -2.13. The van der Waals surface area contributed by atoms with E-state index in [0.29, 0.717) is 0 Å². The summed E-state index contributed by atoms with van der Waals surface area (Å²) in [5.74, 6) is -0.163. The van der Waals surface area contributed by atoms with Crippen LogP contribution in [-0.2, 0) is 4.79 Å². The van der Waals surface area contributed by atoms with E-state index in [1.54, 1.807) is 0 Å². The van der Waals surface area contributed by atoms with Crippen molar-refractivity contribution in [3.05, 3.63) is 71.8 Å². The normalized spacial score (nSPS) is 13.6. The summed E-state index contributed by atoms with van der Waals surface area (Å²) in [6, 6.07) is 18.4. The van der Waals surface area contributed by atoms with Crippen LogP contribution in [0.5, 0.6) is 0 Å². The van der Waals surface area contributed by atoms with Crippen LogP contribution in [0.15, 0.2) is 60.7 Å². The Morgan fingerprint density at radius 3 is 1.89 bits per heavy atom. The molecule has 0 bridgehead atoms. The molecule has 0 saturated heterocycles. The highest BCUT2D eigenvalue weighted by atomic mass is 16.3. The van der Waals surface area contributed by atoms with Crippen LogP contribution in [0.4, 0.5) is 0 Å². The van der Waals surface area contributed by atoms with Gasteiger partial charge in [0.05, 0.1) is 6.04 Å². The first kappa shape index (κ1) is 13.3. The van der Waals surface area contributed by atoms with Gasteiger partial charge in [0.2, 0.25) is 5.91 Å². The van der Waals surface area contributed by atoms with E-state index in [0.717, 1.165) is 11.1 Å². The summed E-state index contributed by atoms with van der Waals surface area (Å²) < 4.78 is 0. The van der Waals surface area contributed by atoms with Crippen LogP contribution in [-0.4, -0.2) is 11.0 Å². The molecule has 0 unspecified atom stereocenters. The third kappa shape index (κ3) is 3.42. The molecular weight excluding hydrogens is 238 g/mol. The SMILES string of the molecule is CC(=O)N[C@H](c1ccccc1)[C@@H](O)c1ccccc1. The molecule has 0 heterocycles. The van der Waals surface area contributed by atoms with Crippen LogP contribution in [0.2, 0.25) is 0 Å². The Morgan fingerprint density at radius 1 is 0.947 bits per heavy atom. The Morgan fingerprint density at radius 2 is 1.42 bits per heavy atom. The van der Waals surface area contributed by atoms with Crippen LogP contribution in [0.25, 0.3) is 0 Å². The second-order valence-electron chi connectivity index (χ2n) is 4.44. The molecule has 3 nitrogen and oxygen atoms in total. The van der Waals surface area contributed by atoms with Crippen molar-refractivity contribution in [3.63, 3.8) is 0 Å². The zero-order valence-electron chi connectivity index (χ0n) is 10.8. The first-order valence-corrected chi connectivity index (χ1v) is 6.23. The molecule has 98 valence electrons. The van der Waals surface area contributed by atoms with E-state index in [9.17, 15) is 9.90 Å². The number of amides is 1. The van der Waals surface area contributed by atoms with Crippen molar-refractivity contribution in [2.45, 2.75) is 19.1 Å². The van der Waals surface area contributed by atoms with Crippen LogP contribution < -0.4 is 5.32 Å². The van der Waals surface area contributed by atoms with Crippen molar-refractivity contribution in [1.82, 2.24) is 5.32 Å². The van der Waals surface area contributed by atoms with Crippen molar-refractivity contribution in [2.24, 2.45) is 0 Å². The average Bonchev–Trinajstić information content (AvgIpc) is 2.46. The molecule has 19 heavy (non-hydrogen) atoms. The summed E-state index contributed by atoms with van der Waals surface area (Å²) in [5, 5.41) is 13.3. The van der Waals surface area contributed by atoms with Gasteiger partial charge in [-0.1, -0.05) is 60.7 Å². The predicted octanol–water partition coefficient (Wildman–Crippen LogP) is 2.60. The molecule has 0 saturated carbocycles. The van der Waals surface area contributed by atoms with Gasteiger partial charge in [-0.25, -0.2) is 0 Å². The van der Waals surface area contributed by atoms with E-state index in [1.165, 1.54) is 6.92 Å². The van der Waals surface area contributed by atoms with Gasteiger partial charge in [-0.05, 0) is 11.1 Å². The molecular formula is C16H17NO2. The number of rotatable bonds is 4. The minimum absolute atomic E-state index is 0.163. The standard InChI is InChI=1S/C16H17NO2/c1-12(18)17-15(13-8-4-2-5-9-13)16(19)14-10-6-3-7-11-14/h2-11,15-16,19H,1H3,(H,17,18)/t15-,16+/m1/s1. The van der Waals surface area contributed by atoms with E-state index in [1.807, 2.05) is 60.7 Å². The van der Waals surface area contributed by atoms with Crippen molar-refractivity contribution in [1.29, 1.82) is 0 Å². The van der Waals surface area contributed by atoms with Gasteiger partial charge in [0.25, 0.3) is 0 Å². The molecule has 0 aromatic heterocycles. The minimum Gasteiger partial charge on any atom is -0.386 e. The van der Waals surface area contributed by atoms with Crippen molar-refractivity contribution in [3.8, 4) is 0 Å². The number of aliphatic hydroxyl groups excluding tert-OH is 1. The molecule has 0 fully saturated rings. The topological polar surface area (TPSA) is 49.3 Å². The van der Waals surface area contributed by atoms with Crippen molar-refractivity contribution >= 4 is 5.91 Å². The summed E-state index contributed by atoms with van der Waals surface area (Å²) >= 11 is 0. The molecule has 0 aliphatic heterocycles. The zero-order valence-corrected chi connectivity index (χ0v) is 10.8. The van der Waals surface area contributed by atoms with Gasteiger partial charge >= 0.3 is 0 Å². The van der Waals surface area contributed by atoms with Gasteiger partial charge in [0.1, 0.15) is 6.10 Å². The predicted molar refractivity (Wildman–Crippen MR) is 74.4 cm³/mol. The highest BCUT2D eigenvalue weighted by molar-refractivity contribution is 5.73. The maximum absolute atomic E-state index is 11.3. The molecule has 0 aliphatic carbocycles. The monoisotopic (exact) mass is 255 g/mol. The second kappa shape index (κ2) is 6.16. The number of benzene rings is 2. The maximum Gasteiger partial charge on any atom is 0.217 e. The average molecular weight is 255 g/mol. The van der Waals surface area contributed by atoms with Gasteiger partial charge in [-0.2, -0.15) is 0 Å². The fourth-order valence-corrected chi connectivity index (χ4v) is 2.07.